The normalized spacial score (nSPS) is 10.5. The van der Waals surface area contributed by atoms with Crippen molar-refractivity contribution in [1.82, 2.24) is 0 Å². The maximum atomic E-state index is 11.9. The summed E-state index contributed by atoms with van der Waals surface area (Å²) < 4.78 is 0. The highest BCUT2D eigenvalue weighted by molar-refractivity contribution is 6.02. The summed E-state index contributed by atoms with van der Waals surface area (Å²) in [5.41, 5.74) is 7.00. The zero-order chi connectivity index (χ0) is 10.6. The molecule has 1 aromatic rings. The number of rotatable bonds is 4. The molecule has 0 aliphatic heterocycles. The van der Waals surface area contributed by atoms with Crippen LogP contribution in [0.2, 0.25) is 0 Å². The SMILES string of the molecule is CCC(CC)C(=O)c1ccccc1N. The van der Waals surface area contributed by atoms with Gasteiger partial charge in [-0.05, 0) is 25.0 Å². The molecule has 0 aliphatic carbocycles. The average Bonchev–Trinajstić information content (AvgIpc) is 2.20. The summed E-state index contributed by atoms with van der Waals surface area (Å²) in [6, 6.07) is 7.27. The van der Waals surface area contributed by atoms with Crippen molar-refractivity contribution in [3.8, 4) is 0 Å². The number of nitrogen functional groups attached to an aromatic ring is 1. The van der Waals surface area contributed by atoms with Gasteiger partial charge in [0.25, 0.3) is 0 Å². The van der Waals surface area contributed by atoms with Gasteiger partial charge in [-0.3, -0.25) is 4.79 Å². The van der Waals surface area contributed by atoms with E-state index >= 15 is 0 Å². The van der Waals surface area contributed by atoms with Gasteiger partial charge in [-0.15, -0.1) is 0 Å². The van der Waals surface area contributed by atoms with Gasteiger partial charge in [0, 0.05) is 17.2 Å². The number of ketones is 1. The topological polar surface area (TPSA) is 43.1 Å². The Labute approximate surface area is 85.1 Å². The van der Waals surface area contributed by atoms with Crippen LogP contribution in [0.3, 0.4) is 0 Å². The molecule has 0 spiro atoms. The van der Waals surface area contributed by atoms with Gasteiger partial charge in [0.1, 0.15) is 0 Å². The minimum absolute atomic E-state index is 0.111. The fraction of sp³-hybridized carbons (Fsp3) is 0.417. The number of Topliss-reactive ketones (excluding diaryl/α,β-unsaturated/α-hetero) is 1. The van der Waals surface area contributed by atoms with E-state index in [-0.39, 0.29) is 11.7 Å². The first-order valence-electron chi connectivity index (χ1n) is 5.09. The molecule has 1 rings (SSSR count). The van der Waals surface area contributed by atoms with Crippen molar-refractivity contribution < 1.29 is 4.79 Å². The van der Waals surface area contributed by atoms with Crippen LogP contribution in [0.4, 0.5) is 5.69 Å². The molecule has 0 bridgehead atoms. The predicted octanol–water partition coefficient (Wildman–Crippen LogP) is 2.89. The van der Waals surface area contributed by atoms with Crippen molar-refractivity contribution in [3.63, 3.8) is 0 Å². The molecule has 0 saturated carbocycles. The second-order valence-electron chi connectivity index (χ2n) is 3.46. The number of hydrogen-bond donors (Lipinski definition) is 1. The first-order valence-corrected chi connectivity index (χ1v) is 5.09. The highest BCUT2D eigenvalue weighted by Gasteiger charge is 2.17. The Morgan fingerprint density at radius 2 is 1.86 bits per heavy atom. The molecule has 2 N–H and O–H groups in total. The lowest BCUT2D eigenvalue weighted by atomic mass is 9.92. The summed E-state index contributed by atoms with van der Waals surface area (Å²) >= 11 is 0. The Hall–Kier alpha value is -1.31. The molecule has 0 saturated heterocycles. The Morgan fingerprint density at radius 1 is 1.29 bits per heavy atom. The molecule has 2 nitrogen and oxygen atoms in total. The molecule has 0 radical (unpaired) electrons. The maximum absolute atomic E-state index is 11.9. The van der Waals surface area contributed by atoms with Gasteiger partial charge in [-0.25, -0.2) is 0 Å². The Morgan fingerprint density at radius 3 is 2.36 bits per heavy atom. The van der Waals surface area contributed by atoms with Crippen molar-refractivity contribution >= 4 is 11.5 Å². The second-order valence-corrected chi connectivity index (χ2v) is 3.46. The molecule has 0 unspecified atom stereocenters. The van der Waals surface area contributed by atoms with Gasteiger partial charge in [0.05, 0.1) is 0 Å². The van der Waals surface area contributed by atoms with E-state index in [4.69, 9.17) is 5.73 Å². The quantitative estimate of drug-likeness (QED) is 0.587. The predicted molar refractivity (Wildman–Crippen MR) is 59.3 cm³/mol. The van der Waals surface area contributed by atoms with Gasteiger partial charge < -0.3 is 5.73 Å². The van der Waals surface area contributed by atoms with E-state index < -0.39 is 0 Å². The van der Waals surface area contributed by atoms with E-state index in [0.717, 1.165) is 12.8 Å². The van der Waals surface area contributed by atoms with Gasteiger partial charge in [-0.1, -0.05) is 26.0 Å². The third-order valence-electron chi connectivity index (χ3n) is 2.58. The average molecular weight is 191 g/mol. The summed E-state index contributed by atoms with van der Waals surface area (Å²) in [5, 5.41) is 0. The van der Waals surface area contributed by atoms with Crippen molar-refractivity contribution in [2.24, 2.45) is 5.92 Å². The van der Waals surface area contributed by atoms with Crippen LogP contribution in [0.1, 0.15) is 37.0 Å². The van der Waals surface area contributed by atoms with Crippen LogP contribution in [0.15, 0.2) is 24.3 Å². The monoisotopic (exact) mass is 191 g/mol. The standard InChI is InChI=1S/C12H17NO/c1-3-9(4-2)12(14)10-7-5-6-8-11(10)13/h5-9H,3-4,13H2,1-2H3. The summed E-state index contributed by atoms with van der Waals surface area (Å²) in [6.45, 7) is 4.07. The van der Waals surface area contributed by atoms with E-state index in [1.54, 1.807) is 12.1 Å². The molecule has 0 heterocycles. The Kier molecular flexibility index (Phi) is 3.69. The molecule has 2 heteroatoms. The van der Waals surface area contributed by atoms with Crippen molar-refractivity contribution in [2.75, 3.05) is 5.73 Å². The van der Waals surface area contributed by atoms with E-state index in [0.29, 0.717) is 11.3 Å². The highest BCUT2D eigenvalue weighted by atomic mass is 16.1. The Bertz CT molecular complexity index is 316. The van der Waals surface area contributed by atoms with Crippen molar-refractivity contribution in [3.05, 3.63) is 29.8 Å². The third kappa shape index (κ3) is 2.13. The number of carbonyl (C=O) groups is 1. The summed E-state index contributed by atoms with van der Waals surface area (Å²) in [6.07, 6.45) is 1.76. The lowest BCUT2D eigenvalue weighted by Crippen LogP contribution is -2.14. The summed E-state index contributed by atoms with van der Waals surface area (Å²) in [5.74, 6) is 0.285. The van der Waals surface area contributed by atoms with Gasteiger partial charge in [0.15, 0.2) is 5.78 Å². The summed E-state index contributed by atoms with van der Waals surface area (Å²) in [7, 11) is 0. The maximum Gasteiger partial charge on any atom is 0.167 e. The molecule has 0 aromatic heterocycles. The molecule has 0 atom stereocenters. The molecule has 76 valence electrons. The number of para-hydroxylation sites is 1. The second kappa shape index (κ2) is 4.80. The molecular formula is C12H17NO. The minimum atomic E-state index is 0.111. The molecule has 1 aromatic carbocycles. The number of benzene rings is 1. The van der Waals surface area contributed by atoms with Crippen LogP contribution >= 0.6 is 0 Å². The fourth-order valence-electron chi connectivity index (χ4n) is 1.60. The van der Waals surface area contributed by atoms with Gasteiger partial charge in [0.2, 0.25) is 0 Å². The first-order chi connectivity index (χ1) is 6.70. The van der Waals surface area contributed by atoms with Crippen LogP contribution < -0.4 is 5.73 Å². The third-order valence-corrected chi connectivity index (χ3v) is 2.58. The molecule has 0 amide bonds. The zero-order valence-electron chi connectivity index (χ0n) is 8.79. The largest absolute Gasteiger partial charge is 0.398 e. The minimum Gasteiger partial charge on any atom is -0.398 e. The van der Waals surface area contributed by atoms with Crippen LogP contribution in [0.5, 0.6) is 0 Å². The molecule has 0 aliphatic rings. The van der Waals surface area contributed by atoms with E-state index in [2.05, 4.69) is 0 Å². The highest BCUT2D eigenvalue weighted by Crippen LogP contribution is 2.19. The Balaban J connectivity index is 2.94. The molecule has 0 fully saturated rings. The number of carbonyl (C=O) groups excluding carboxylic acids is 1. The van der Waals surface area contributed by atoms with E-state index in [1.807, 2.05) is 26.0 Å². The van der Waals surface area contributed by atoms with Crippen LogP contribution in [0.25, 0.3) is 0 Å². The fourth-order valence-corrected chi connectivity index (χ4v) is 1.60. The van der Waals surface area contributed by atoms with Crippen molar-refractivity contribution in [2.45, 2.75) is 26.7 Å². The van der Waals surface area contributed by atoms with E-state index in [9.17, 15) is 4.79 Å². The first kappa shape index (κ1) is 10.8. The number of hydrogen-bond acceptors (Lipinski definition) is 2. The van der Waals surface area contributed by atoms with Gasteiger partial charge in [-0.2, -0.15) is 0 Å². The lowest BCUT2D eigenvalue weighted by Gasteiger charge is -2.12. The van der Waals surface area contributed by atoms with Crippen LogP contribution in [0, 0.1) is 5.92 Å². The van der Waals surface area contributed by atoms with E-state index in [1.165, 1.54) is 0 Å². The number of anilines is 1. The van der Waals surface area contributed by atoms with Gasteiger partial charge >= 0.3 is 0 Å². The smallest absolute Gasteiger partial charge is 0.167 e. The lowest BCUT2D eigenvalue weighted by molar-refractivity contribution is 0.0914. The summed E-state index contributed by atoms with van der Waals surface area (Å²) in [4.78, 5) is 11.9. The molecule has 14 heavy (non-hydrogen) atoms. The van der Waals surface area contributed by atoms with Crippen LogP contribution in [-0.4, -0.2) is 5.78 Å². The number of nitrogens with two attached hydrogens (primary N) is 1. The zero-order valence-corrected chi connectivity index (χ0v) is 8.79. The molecular weight excluding hydrogens is 174 g/mol. The van der Waals surface area contributed by atoms with Crippen molar-refractivity contribution in [1.29, 1.82) is 0 Å². The van der Waals surface area contributed by atoms with Crippen LogP contribution in [-0.2, 0) is 0 Å².